The first-order chi connectivity index (χ1) is 12.6. The molecule has 0 fully saturated rings. The molecule has 6 nitrogen and oxygen atoms in total. The zero-order valence-corrected chi connectivity index (χ0v) is 15.1. The van der Waals surface area contributed by atoms with Crippen LogP contribution in [0, 0.1) is 0 Å². The van der Waals surface area contributed by atoms with Crippen LogP contribution in [0.2, 0.25) is 0 Å². The van der Waals surface area contributed by atoms with Crippen LogP contribution in [0.15, 0.2) is 53.3 Å². The molecule has 0 aliphatic carbocycles. The fourth-order valence-corrected chi connectivity index (χ4v) is 3.92. The molecule has 2 heterocycles. The molecule has 0 spiro atoms. The number of hydrogen-bond donors (Lipinski definition) is 1. The first kappa shape index (κ1) is 16.4. The van der Waals surface area contributed by atoms with Crippen LogP contribution in [-0.2, 0) is 0 Å². The molecule has 7 heteroatoms. The minimum Gasteiger partial charge on any atom is -0.331 e. The zero-order chi connectivity index (χ0) is 18.3. The minimum atomic E-state index is -0.306. The summed E-state index contributed by atoms with van der Waals surface area (Å²) >= 11 is 1.57. The van der Waals surface area contributed by atoms with Crippen molar-refractivity contribution in [1.29, 1.82) is 0 Å². The van der Waals surface area contributed by atoms with Gasteiger partial charge in [0, 0.05) is 12.4 Å². The number of hydrogen-bond acceptors (Lipinski definition) is 5. The Hall–Kier alpha value is -3.06. The third-order valence-electron chi connectivity index (χ3n) is 4.47. The first-order valence-corrected chi connectivity index (χ1v) is 8.98. The maximum atomic E-state index is 13.0. The van der Waals surface area contributed by atoms with E-state index in [0.29, 0.717) is 10.8 Å². The molecule has 0 bridgehead atoms. The molecule has 0 radical (unpaired) electrons. The van der Waals surface area contributed by atoms with E-state index in [1.807, 2.05) is 31.2 Å². The molecule has 2 aromatic heterocycles. The van der Waals surface area contributed by atoms with Gasteiger partial charge in [-0.15, -0.1) is 11.3 Å². The summed E-state index contributed by atoms with van der Waals surface area (Å²) in [5, 5.41) is 8.27. The van der Waals surface area contributed by atoms with Crippen LogP contribution in [0.25, 0.3) is 21.0 Å². The molecular formula is C19H16N4O2S. The zero-order valence-electron chi connectivity index (χ0n) is 14.3. The Kier molecular flexibility index (Phi) is 4.00. The summed E-state index contributed by atoms with van der Waals surface area (Å²) in [7, 11) is 1.72. The quantitative estimate of drug-likeness (QED) is 0.604. The van der Waals surface area contributed by atoms with E-state index in [9.17, 15) is 9.59 Å². The Bertz CT molecular complexity index is 1150. The van der Waals surface area contributed by atoms with Crippen LogP contribution in [0.1, 0.15) is 28.5 Å². The summed E-state index contributed by atoms with van der Waals surface area (Å²) in [6, 6.07) is 14.7. The lowest BCUT2D eigenvalue weighted by atomic mass is 10.1. The lowest BCUT2D eigenvalue weighted by Crippen LogP contribution is -2.31. The summed E-state index contributed by atoms with van der Waals surface area (Å²) in [5.41, 5.74) is 0.850. The summed E-state index contributed by atoms with van der Waals surface area (Å²) in [4.78, 5) is 31.2. The Labute approximate surface area is 153 Å². The summed E-state index contributed by atoms with van der Waals surface area (Å²) in [6.45, 7) is 1.93. The van der Waals surface area contributed by atoms with Crippen molar-refractivity contribution in [3.63, 3.8) is 0 Å². The second kappa shape index (κ2) is 6.34. The number of benzene rings is 2. The number of nitrogens with one attached hydrogen (secondary N) is 1. The normalized spacial score (nSPS) is 12.4. The Morgan fingerprint density at radius 3 is 2.58 bits per heavy atom. The number of aromatic amines is 1. The Morgan fingerprint density at radius 2 is 1.81 bits per heavy atom. The number of carbonyl (C=O) groups excluding carboxylic acids is 1. The largest absolute Gasteiger partial charge is 0.331 e. The highest BCUT2D eigenvalue weighted by Crippen LogP contribution is 2.29. The number of rotatable bonds is 3. The van der Waals surface area contributed by atoms with Gasteiger partial charge in [-0.2, -0.15) is 5.10 Å². The number of aromatic nitrogens is 3. The van der Waals surface area contributed by atoms with Crippen LogP contribution in [-0.4, -0.2) is 33.0 Å². The topological polar surface area (TPSA) is 79.0 Å². The Morgan fingerprint density at radius 1 is 1.12 bits per heavy atom. The molecule has 0 saturated carbocycles. The molecular weight excluding hydrogens is 348 g/mol. The number of carbonyl (C=O) groups is 1. The van der Waals surface area contributed by atoms with E-state index in [-0.39, 0.29) is 23.2 Å². The fraction of sp³-hybridized carbons (Fsp3) is 0.158. The third kappa shape index (κ3) is 2.66. The van der Waals surface area contributed by atoms with E-state index in [1.165, 1.54) is 0 Å². The smallest absolute Gasteiger partial charge is 0.275 e. The summed E-state index contributed by atoms with van der Waals surface area (Å²) in [6.07, 6.45) is 0. The van der Waals surface area contributed by atoms with Crippen LogP contribution in [0.5, 0.6) is 0 Å². The first-order valence-electron chi connectivity index (χ1n) is 8.16. The van der Waals surface area contributed by atoms with Crippen LogP contribution < -0.4 is 5.56 Å². The van der Waals surface area contributed by atoms with E-state index in [2.05, 4.69) is 15.2 Å². The molecule has 26 heavy (non-hydrogen) atoms. The molecule has 0 unspecified atom stereocenters. The highest BCUT2D eigenvalue weighted by atomic mass is 32.1. The van der Waals surface area contributed by atoms with Crippen molar-refractivity contribution in [3.05, 3.63) is 69.6 Å². The highest BCUT2D eigenvalue weighted by molar-refractivity contribution is 7.18. The maximum Gasteiger partial charge on any atom is 0.275 e. The molecule has 1 N–H and O–H groups in total. The van der Waals surface area contributed by atoms with Crippen molar-refractivity contribution in [2.45, 2.75) is 13.0 Å². The van der Waals surface area contributed by atoms with Gasteiger partial charge >= 0.3 is 0 Å². The van der Waals surface area contributed by atoms with Gasteiger partial charge in [0.1, 0.15) is 5.01 Å². The van der Waals surface area contributed by atoms with Crippen molar-refractivity contribution in [1.82, 2.24) is 20.1 Å². The van der Waals surface area contributed by atoms with Gasteiger partial charge in [0.15, 0.2) is 5.69 Å². The van der Waals surface area contributed by atoms with E-state index in [1.54, 1.807) is 47.5 Å². The van der Waals surface area contributed by atoms with Crippen molar-refractivity contribution < 1.29 is 4.79 Å². The second-order valence-electron chi connectivity index (χ2n) is 6.06. The monoisotopic (exact) mass is 364 g/mol. The number of amides is 1. The summed E-state index contributed by atoms with van der Waals surface area (Å²) < 4.78 is 1.09. The van der Waals surface area contributed by atoms with E-state index < -0.39 is 0 Å². The number of fused-ring (bicyclic) bond motifs is 2. The predicted molar refractivity (Wildman–Crippen MR) is 102 cm³/mol. The van der Waals surface area contributed by atoms with Crippen molar-refractivity contribution in [2.24, 2.45) is 0 Å². The predicted octanol–water partition coefficient (Wildman–Crippen LogP) is 3.37. The van der Waals surface area contributed by atoms with Gasteiger partial charge in [-0.25, -0.2) is 10.1 Å². The molecule has 1 amide bonds. The molecule has 0 saturated heterocycles. The average Bonchev–Trinajstić information content (AvgIpc) is 3.11. The Balaban J connectivity index is 1.72. The molecule has 4 aromatic rings. The molecule has 1 atom stereocenters. The van der Waals surface area contributed by atoms with Gasteiger partial charge in [0.25, 0.3) is 11.5 Å². The van der Waals surface area contributed by atoms with Crippen LogP contribution in [0.4, 0.5) is 0 Å². The number of para-hydroxylation sites is 1. The number of thiazole rings is 1. The SMILES string of the molecule is C[C@H](c1nc2ccccc2s1)N(C)C(=O)c1n[nH]c(=O)c2ccccc12. The maximum absolute atomic E-state index is 13.0. The summed E-state index contributed by atoms with van der Waals surface area (Å²) in [5.74, 6) is -0.260. The molecule has 0 aliphatic heterocycles. The lowest BCUT2D eigenvalue weighted by molar-refractivity contribution is 0.0737. The highest BCUT2D eigenvalue weighted by Gasteiger charge is 2.24. The van der Waals surface area contributed by atoms with Crippen molar-refractivity contribution in [3.8, 4) is 0 Å². The average molecular weight is 364 g/mol. The fourth-order valence-electron chi connectivity index (χ4n) is 2.86. The molecule has 0 aliphatic rings. The minimum absolute atomic E-state index is 0.215. The van der Waals surface area contributed by atoms with Gasteiger partial charge < -0.3 is 4.90 Å². The lowest BCUT2D eigenvalue weighted by Gasteiger charge is -2.23. The van der Waals surface area contributed by atoms with Gasteiger partial charge in [0.2, 0.25) is 0 Å². The standard InChI is InChI=1S/C19H16N4O2S/c1-11(18-20-14-9-5-6-10-15(14)26-18)23(2)19(25)16-12-7-3-4-8-13(12)17(24)22-21-16/h3-11H,1-2H3,(H,22,24)/t11-/m1/s1. The van der Waals surface area contributed by atoms with Gasteiger partial charge in [0.05, 0.1) is 21.6 Å². The molecule has 130 valence electrons. The van der Waals surface area contributed by atoms with Crippen molar-refractivity contribution in [2.75, 3.05) is 7.05 Å². The number of H-pyrrole nitrogens is 1. The molecule has 2 aromatic carbocycles. The van der Waals surface area contributed by atoms with E-state index in [4.69, 9.17) is 0 Å². The van der Waals surface area contributed by atoms with Gasteiger partial charge in [-0.1, -0.05) is 30.3 Å². The van der Waals surface area contributed by atoms with E-state index >= 15 is 0 Å². The van der Waals surface area contributed by atoms with Crippen LogP contribution in [0.3, 0.4) is 0 Å². The third-order valence-corrected chi connectivity index (χ3v) is 5.67. The molecule has 4 rings (SSSR count). The second-order valence-corrected chi connectivity index (χ2v) is 7.12. The van der Waals surface area contributed by atoms with Gasteiger partial charge in [-0.05, 0) is 25.1 Å². The van der Waals surface area contributed by atoms with Gasteiger partial charge in [-0.3, -0.25) is 9.59 Å². The number of nitrogens with zero attached hydrogens (tertiary/aromatic N) is 3. The van der Waals surface area contributed by atoms with E-state index in [0.717, 1.165) is 15.2 Å². The van der Waals surface area contributed by atoms with Crippen LogP contribution >= 0.6 is 11.3 Å². The van der Waals surface area contributed by atoms with Crippen molar-refractivity contribution >= 4 is 38.2 Å².